The first-order valence-corrected chi connectivity index (χ1v) is 9.99. The van der Waals surface area contributed by atoms with E-state index in [4.69, 9.17) is 15.4 Å². The standard InChI is InChI=1S/C22H21F6N3O2/c1-2-4-15-18(8-7-16(19(15)32)20(30)22(26,27)28)33-10-3-9-31-14-6-5-13(12-29)17(11-14)21(23,24)25/h5-8,11,16,30-31H,2-4,9-10H2,1H3. The fraction of sp³-hybridized carbons (Fsp3) is 0.409. The van der Waals surface area contributed by atoms with Gasteiger partial charge in [0.05, 0.1) is 29.7 Å². The summed E-state index contributed by atoms with van der Waals surface area (Å²) in [6.45, 7) is 2.01. The molecular weight excluding hydrogens is 452 g/mol. The van der Waals surface area contributed by atoms with Gasteiger partial charge >= 0.3 is 12.4 Å². The normalized spacial score (nSPS) is 16.5. The number of carbonyl (C=O) groups excluding carboxylic acids is 1. The molecular formula is C22H21F6N3O2. The van der Waals surface area contributed by atoms with E-state index in [9.17, 15) is 31.1 Å². The van der Waals surface area contributed by atoms with Crippen molar-refractivity contribution in [2.75, 3.05) is 18.5 Å². The van der Waals surface area contributed by atoms with E-state index in [-0.39, 0.29) is 36.6 Å². The van der Waals surface area contributed by atoms with Crippen molar-refractivity contribution in [3.8, 4) is 6.07 Å². The van der Waals surface area contributed by atoms with Gasteiger partial charge in [0.25, 0.3) is 0 Å². The molecule has 0 fully saturated rings. The fourth-order valence-corrected chi connectivity index (χ4v) is 3.19. The molecule has 0 saturated carbocycles. The minimum Gasteiger partial charge on any atom is -0.493 e. The minimum absolute atomic E-state index is 0.0525. The molecule has 11 heteroatoms. The zero-order chi connectivity index (χ0) is 24.8. The van der Waals surface area contributed by atoms with Crippen molar-refractivity contribution in [3.05, 3.63) is 52.8 Å². The van der Waals surface area contributed by atoms with Crippen LogP contribution < -0.4 is 5.32 Å². The summed E-state index contributed by atoms with van der Waals surface area (Å²) in [6, 6.07) is 4.74. The number of Topliss-reactive ketones (excluding diaryl/α,β-unsaturated/α-hetero) is 1. The van der Waals surface area contributed by atoms with Crippen molar-refractivity contribution >= 4 is 17.2 Å². The van der Waals surface area contributed by atoms with Gasteiger partial charge in [0.2, 0.25) is 0 Å². The van der Waals surface area contributed by atoms with E-state index in [0.29, 0.717) is 12.8 Å². The molecule has 0 bridgehead atoms. The number of nitriles is 1. The molecule has 0 aliphatic heterocycles. The second-order valence-corrected chi connectivity index (χ2v) is 7.20. The van der Waals surface area contributed by atoms with Crippen LogP contribution in [0.5, 0.6) is 0 Å². The Morgan fingerprint density at radius 1 is 1.24 bits per heavy atom. The van der Waals surface area contributed by atoms with Gasteiger partial charge in [-0.05, 0) is 37.1 Å². The number of halogens is 6. The molecule has 0 saturated heterocycles. The molecule has 0 radical (unpaired) electrons. The van der Waals surface area contributed by atoms with Crippen LogP contribution in [0, 0.1) is 22.7 Å². The number of nitrogens with one attached hydrogen (secondary N) is 2. The van der Waals surface area contributed by atoms with E-state index >= 15 is 0 Å². The number of ether oxygens (including phenoxy) is 1. The molecule has 1 atom stereocenters. The maximum absolute atomic E-state index is 13.0. The quantitative estimate of drug-likeness (QED) is 0.270. The van der Waals surface area contributed by atoms with Crippen molar-refractivity contribution in [3.63, 3.8) is 0 Å². The van der Waals surface area contributed by atoms with E-state index in [1.165, 1.54) is 18.2 Å². The highest BCUT2D eigenvalue weighted by Gasteiger charge is 2.43. The van der Waals surface area contributed by atoms with Gasteiger partial charge in [-0.1, -0.05) is 19.4 Å². The second kappa shape index (κ2) is 10.6. The van der Waals surface area contributed by atoms with Gasteiger partial charge in [0.15, 0.2) is 5.78 Å². The van der Waals surface area contributed by atoms with E-state index in [1.54, 1.807) is 6.92 Å². The number of allylic oxidation sites excluding steroid dienone is 3. The molecule has 178 valence electrons. The lowest BCUT2D eigenvalue weighted by atomic mass is 9.86. The third-order valence-corrected chi connectivity index (χ3v) is 4.79. The SMILES string of the molecule is CCCC1=C(OCCCNc2ccc(C#N)c(C(F)(F)F)c2)C=CC(C(=N)C(F)(F)F)C1=O. The average molecular weight is 473 g/mol. The highest BCUT2D eigenvalue weighted by molar-refractivity contribution is 6.15. The number of benzene rings is 1. The highest BCUT2D eigenvalue weighted by atomic mass is 19.4. The molecule has 0 spiro atoms. The number of anilines is 1. The van der Waals surface area contributed by atoms with E-state index in [2.05, 4.69) is 5.32 Å². The monoisotopic (exact) mass is 473 g/mol. The predicted molar refractivity (Wildman–Crippen MR) is 109 cm³/mol. The van der Waals surface area contributed by atoms with Crippen LogP contribution >= 0.6 is 0 Å². The third kappa shape index (κ3) is 6.60. The molecule has 1 aliphatic rings. The number of ketones is 1. The molecule has 33 heavy (non-hydrogen) atoms. The molecule has 5 nitrogen and oxygen atoms in total. The topological polar surface area (TPSA) is 86.0 Å². The Labute approximate surface area is 186 Å². The summed E-state index contributed by atoms with van der Waals surface area (Å²) in [7, 11) is 0. The van der Waals surface area contributed by atoms with Gasteiger partial charge in [-0.2, -0.15) is 31.6 Å². The number of rotatable bonds is 9. The van der Waals surface area contributed by atoms with Crippen LogP contribution in [0.3, 0.4) is 0 Å². The molecule has 2 N–H and O–H groups in total. The molecule has 1 aliphatic carbocycles. The first kappa shape index (κ1) is 26.0. The number of hydrogen-bond donors (Lipinski definition) is 2. The van der Waals surface area contributed by atoms with Crippen LogP contribution in [-0.2, 0) is 15.7 Å². The number of carbonyl (C=O) groups is 1. The van der Waals surface area contributed by atoms with Crippen molar-refractivity contribution in [1.29, 1.82) is 10.7 Å². The number of hydrogen-bond acceptors (Lipinski definition) is 5. The summed E-state index contributed by atoms with van der Waals surface area (Å²) in [5, 5.41) is 18.9. The van der Waals surface area contributed by atoms with Gasteiger partial charge in [0.1, 0.15) is 11.5 Å². The molecule has 0 aromatic heterocycles. The lowest BCUT2D eigenvalue weighted by Crippen LogP contribution is -2.36. The first-order valence-electron chi connectivity index (χ1n) is 9.99. The third-order valence-electron chi connectivity index (χ3n) is 4.79. The molecule has 0 heterocycles. The summed E-state index contributed by atoms with van der Waals surface area (Å²) in [5.41, 5.74) is -2.94. The Bertz CT molecular complexity index is 1000. The van der Waals surface area contributed by atoms with E-state index in [0.717, 1.165) is 18.2 Å². The van der Waals surface area contributed by atoms with Gasteiger partial charge in [-0.3, -0.25) is 10.2 Å². The Balaban J connectivity index is 1.98. The number of alkyl halides is 6. The maximum atomic E-state index is 13.0. The van der Waals surface area contributed by atoms with Crippen LogP contribution in [0.4, 0.5) is 32.0 Å². The Morgan fingerprint density at radius 2 is 1.94 bits per heavy atom. The molecule has 1 unspecified atom stereocenters. The average Bonchev–Trinajstić information content (AvgIpc) is 2.74. The molecule has 2 rings (SSSR count). The smallest absolute Gasteiger partial charge is 0.429 e. The van der Waals surface area contributed by atoms with Crippen LogP contribution in [0.15, 0.2) is 41.7 Å². The second-order valence-electron chi connectivity index (χ2n) is 7.20. The summed E-state index contributed by atoms with van der Waals surface area (Å²) >= 11 is 0. The lowest BCUT2D eigenvalue weighted by molar-refractivity contribution is -0.137. The maximum Gasteiger partial charge on any atom is 0.429 e. The zero-order valence-electron chi connectivity index (χ0n) is 17.5. The van der Waals surface area contributed by atoms with Gasteiger partial charge < -0.3 is 10.1 Å². The molecule has 0 amide bonds. The van der Waals surface area contributed by atoms with Crippen molar-refractivity contribution < 1.29 is 35.9 Å². The van der Waals surface area contributed by atoms with Gasteiger partial charge in [-0.15, -0.1) is 0 Å². The van der Waals surface area contributed by atoms with Gasteiger partial charge in [0, 0.05) is 17.8 Å². The van der Waals surface area contributed by atoms with Gasteiger partial charge in [-0.25, -0.2) is 0 Å². The summed E-state index contributed by atoms with van der Waals surface area (Å²) in [5.74, 6) is -2.40. The van der Waals surface area contributed by atoms with E-state index < -0.39 is 40.9 Å². The highest BCUT2D eigenvalue weighted by Crippen LogP contribution is 2.34. The summed E-state index contributed by atoms with van der Waals surface area (Å²) in [4.78, 5) is 12.5. The van der Waals surface area contributed by atoms with Crippen molar-refractivity contribution in [2.24, 2.45) is 5.92 Å². The number of nitrogens with zero attached hydrogens (tertiary/aromatic N) is 1. The minimum atomic E-state index is -4.91. The van der Waals surface area contributed by atoms with Crippen molar-refractivity contribution in [2.45, 2.75) is 38.5 Å². The van der Waals surface area contributed by atoms with Crippen LogP contribution in [0.1, 0.15) is 37.3 Å². The van der Waals surface area contributed by atoms with E-state index in [1.807, 2.05) is 0 Å². The summed E-state index contributed by atoms with van der Waals surface area (Å²) in [6.07, 6.45) is -6.37. The first-order chi connectivity index (χ1) is 15.4. The largest absolute Gasteiger partial charge is 0.493 e. The van der Waals surface area contributed by atoms with Crippen LogP contribution in [-0.4, -0.2) is 30.8 Å². The Morgan fingerprint density at radius 3 is 2.52 bits per heavy atom. The zero-order valence-corrected chi connectivity index (χ0v) is 17.5. The molecule has 1 aromatic carbocycles. The molecule has 1 aromatic rings. The fourth-order valence-electron chi connectivity index (χ4n) is 3.19. The predicted octanol–water partition coefficient (Wildman–Crippen LogP) is 5.79. The summed E-state index contributed by atoms with van der Waals surface area (Å²) < 4.78 is 83.1. The Hall–Kier alpha value is -3.29. The van der Waals surface area contributed by atoms with Crippen LogP contribution in [0.25, 0.3) is 0 Å². The lowest BCUT2D eigenvalue weighted by Gasteiger charge is -2.23. The van der Waals surface area contributed by atoms with Crippen LogP contribution in [0.2, 0.25) is 0 Å². The van der Waals surface area contributed by atoms with Crippen molar-refractivity contribution in [1.82, 2.24) is 0 Å². The Kier molecular flexibility index (Phi) is 8.30.